The Balaban J connectivity index is 1.49. The lowest BCUT2D eigenvalue weighted by Gasteiger charge is -2.33. The Morgan fingerprint density at radius 2 is 1.94 bits per heavy atom. The lowest BCUT2D eigenvalue weighted by Crippen LogP contribution is -2.45. The van der Waals surface area contributed by atoms with E-state index in [-0.39, 0.29) is 23.8 Å². The van der Waals surface area contributed by atoms with Gasteiger partial charge in [0.2, 0.25) is 5.91 Å². The number of piperidine rings is 1. The number of hydrogen-bond acceptors (Lipinski definition) is 4. The first kappa shape index (κ1) is 20.8. The molecule has 2 aromatic carbocycles. The third-order valence-corrected chi connectivity index (χ3v) is 5.96. The van der Waals surface area contributed by atoms with Crippen LogP contribution in [0, 0.1) is 5.92 Å². The number of amides is 2. The number of carbonyl (C=O) groups excluding carboxylic acids is 2. The Kier molecular flexibility index (Phi) is 6.16. The Bertz CT molecular complexity index is 1080. The van der Waals surface area contributed by atoms with E-state index >= 15 is 0 Å². The number of carbonyl (C=O) groups is 2. The molecule has 0 saturated carbocycles. The molecule has 1 fully saturated rings. The molecule has 4 rings (SSSR count). The molecule has 0 bridgehead atoms. The first-order valence-electron chi connectivity index (χ1n) is 10.6. The fraction of sp³-hybridized carbons (Fsp3) is 0.320. The van der Waals surface area contributed by atoms with Crippen LogP contribution in [0.15, 0.2) is 60.9 Å². The number of nitrogens with one attached hydrogen (secondary N) is 1. The summed E-state index contributed by atoms with van der Waals surface area (Å²) >= 11 is 0. The number of aromatic nitrogens is 1. The van der Waals surface area contributed by atoms with E-state index in [9.17, 15) is 9.59 Å². The maximum atomic E-state index is 13.4. The number of nitrogens with zero attached hydrogens (tertiary/aromatic N) is 2. The molecule has 160 valence electrons. The second-order valence-corrected chi connectivity index (χ2v) is 7.97. The normalized spacial score (nSPS) is 17.2. The Morgan fingerprint density at radius 3 is 2.68 bits per heavy atom. The topological polar surface area (TPSA) is 71.5 Å². The van der Waals surface area contributed by atoms with Gasteiger partial charge in [-0.25, -0.2) is 0 Å². The van der Waals surface area contributed by atoms with Crippen LogP contribution in [0.5, 0.6) is 5.75 Å². The Labute approximate surface area is 182 Å². The molecule has 1 aliphatic rings. The summed E-state index contributed by atoms with van der Waals surface area (Å²) in [4.78, 5) is 32.2. The molecule has 1 N–H and O–H groups in total. The van der Waals surface area contributed by atoms with Crippen LogP contribution in [0.3, 0.4) is 0 Å². The Hall–Kier alpha value is -3.41. The number of ether oxygens (including phenoxy) is 1. The van der Waals surface area contributed by atoms with Gasteiger partial charge in [-0.15, -0.1) is 0 Å². The quantitative estimate of drug-likeness (QED) is 0.682. The number of hydrogen-bond donors (Lipinski definition) is 1. The van der Waals surface area contributed by atoms with Crippen LogP contribution in [0.1, 0.15) is 41.7 Å². The molecule has 1 aromatic heterocycles. The first-order valence-corrected chi connectivity index (χ1v) is 10.6. The number of methoxy groups -OCH3 is 1. The second-order valence-electron chi connectivity index (χ2n) is 7.97. The van der Waals surface area contributed by atoms with Crippen LogP contribution in [0.25, 0.3) is 10.8 Å². The van der Waals surface area contributed by atoms with Gasteiger partial charge in [0.1, 0.15) is 5.75 Å². The van der Waals surface area contributed by atoms with Gasteiger partial charge in [-0.2, -0.15) is 0 Å². The van der Waals surface area contributed by atoms with Crippen molar-refractivity contribution in [3.05, 3.63) is 72.1 Å². The van der Waals surface area contributed by atoms with E-state index in [1.165, 1.54) is 0 Å². The monoisotopic (exact) mass is 417 g/mol. The summed E-state index contributed by atoms with van der Waals surface area (Å²) in [6.07, 6.45) is 5.06. The molecule has 1 aliphatic heterocycles. The molecule has 3 aromatic rings. The van der Waals surface area contributed by atoms with Gasteiger partial charge < -0.3 is 15.0 Å². The fourth-order valence-electron chi connectivity index (χ4n) is 4.23. The number of fused-ring (bicyclic) bond motifs is 1. The lowest BCUT2D eigenvalue weighted by atomic mass is 9.95. The molecule has 2 unspecified atom stereocenters. The Morgan fingerprint density at radius 1 is 1.13 bits per heavy atom. The summed E-state index contributed by atoms with van der Waals surface area (Å²) < 4.78 is 5.45. The molecule has 31 heavy (non-hydrogen) atoms. The van der Waals surface area contributed by atoms with Crippen LogP contribution in [-0.2, 0) is 4.79 Å². The predicted octanol–water partition coefficient (Wildman–Crippen LogP) is 3.97. The summed E-state index contributed by atoms with van der Waals surface area (Å²) in [7, 11) is 1.63. The maximum Gasteiger partial charge on any atom is 0.254 e. The van der Waals surface area contributed by atoms with Crippen molar-refractivity contribution in [1.29, 1.82) is 0 Å². The third-order valence-electron chi connectivity index (χ3n) is 5.96. The number of rotatable bonds is 5. The van der Waals surface area contributed by atoms with Crippen LogP contribution < -0.4 is 10.1 Å². The predicted molar refractivity (Wildman–Crippen MR) is 120 cm³/mol. The van der Waals surface area contributed by atoms with Crippen molar-refractivity contribution in [3.63, 3.8) is 0 Å². The molecule has 0 aliphatic carbocycles. The standard InChI is InChI=1S/C25H27N3O3/c1-17(18-7-5-13-26-15-18)27-24(29)19-8-6-14-28(16-19)25(30)22-11-12-23(31-2)21-10-4-3-9-20(21)22/h3-5,7,9-13,15,17,19H,6,8,14,16H2,1-2H3,(H,27,29). The van der Waals surface area contributed by atoms with E-state index in [0.29, 0.717) is 18.7 Å². The van der Waals surface area contributed by atoms with Crippen molar-refractivity contribution < 1.29 is 14.3 Å². The molecule has 6 heteroatoms. The molecule has 0 radical (unpaired) electrons. The van der Waals surface area contributed by atoms with E-state index in [1.54, 1.807) is 24.4 Å². The molecule has 2 amide bonds. The molecular formula is C25H27N3O3. The highest BCUT2D eigenvalue weighted by molar-refractivity contribution is 6.08. The highest BCUT2D eigenvalue weighted by Gasteiger charge is 2.30. The van der Waals surface area contributed by atoms with E-state index in [2.05, 4.69) is 10.3 Å². The van der Waals surface area contributed by atoms with Gasteiger partial charge in [0, 0.05) is 36.4 Å². The minimum Gasteiger partial charge on any atom is -0.496 e. The summed E-state index contributed by atoms with van der Waals surface area (Å²) in [6.45, 7) is 3.02. The molecular weight excluding hydrogens is 390 g/mol. The summed E-state index contributed by atoms with van der Waals surface area (Å²) in [5.74, 6) is 0.457. The van der Waals surface area contributed by atoms with Gasteiger partial charge in [0.25, 0.3) is 5.91 Å². The molecule has 0 spiro atoms. The van der Waals surface area contributed by atoms with Gasteiger partial charge in [-0.3, -0.25) is 14.6 Å². The SMILES string of the molecule is COc1ccc(C(=O)N2CCCC(C(=O)NC(C)c3cccnc3)C2)c2ccccc12. The highest BCUT2D eigenvalue weighted by atomic mass is 16.5. The van der Waals surface area contributed by atoms with E-state index in [4.69, 9.17) is 4.74 Å². The fourth-order valence-corrected chi connectivity index (χ4v) is 4.23. The number of pyridine rings is 1. The highest BCUT2D eigenvalue weighted by Crippen LogP contribution is 2.30. The van der Waals surface area contributed by atoms with Crippen LogP contribution >= 0.6 is 0 Å². The molecule has 6 nitrogen and oxygen atoms in total. The smallest absolute Gasteiger partial charge is 0.254 e. The van der Waals surface area contributed by atoms with Crippen molar-refractivity contribution in [2.45, 2.75) is 25.8 Å². The van der Waals surface area contributed by atoms with E-state index in [1.807, 2.05) is 55.5 Å². The zero-order chi connectivity index (χ0) is 21.8. The maximum absolute atomic E-state index is 13.4. The van der Waals surface area contributed by atoms with E-state index < -0.39 is 0 Å². The van der Waals surface area contributed by atoms with E-state index in [0.717, 1.165) is 34.9 Å². The van der Waals surface area contributed by atoms with Crippen molar-refractivity contribution in [2.75, 3.05) is 20.2 Å². The minimum atomic E-state index is -0.221. The van der Waals surface area contributed by atoms with Crippen molar-refractivity contribution in [1.82, 2.24) is 15.2 Å². The zero-order valence-corrected chi connectivity index (χ0v) is 17.9. The number of likely N-dealkylation sites (tertiary alicyclic amines) is 1. The minimum absolute atomic E-state index is 0.0200. The summed E-state index contributed by atoms with van der Waals surface area (Å²) in [5.41, 5.74) is 1.60. The van der Waals surface area contributed by atoms with Crippen molar-refractivity contribution in [3.8, 4) is 5.75 Å². The lowest BCUT2D eigenvalue weighted by molar-refractivity contribution is -0.127. The number of benzene rings is 2. The molecule has 2 heterocycles. The van der Waals surface area contributed by atoms with Crippen LogP contribution in [0.2, 0.25) is 0 Å². The van der Waals surface area contributed by atoms with Gasteiger partial charge in [0.05, 0.1) is 19.1 Å². The van der Waals surface area contributed by atoms with Gasteiger partial charge >= 0.3 is 0 Å². The molecule has 2 atom stereocenters. The second kappa shape index (κ2) is 9.16. The summed E-state index contributed by atoms with van der Waals surface area (Å²) in [5, 5.41) is 4.85. The van der Waals surface area contributed by atoms with Crippen LogP contribution in [0.4, 0.5) is 0 Å². The largest absolute Gasteiger partial charge is 0.496 e. The van der Waals surface area contributed by atoms with Crippen molar-refractivity contribution >= 4 is 22.6 Å². The summed E-state index contributed by atoms with van der Waals surface area (Å²) in [6, 6.07) is 15.1. The first-order chi connectivity index (χ1) is 15.1. The van der Waals surface area contributed by atoms with Gasteiger partial charge in [-0.05, 0) is 48.9 Å². The average Bonchev–Trinajstić information content (AvgIpc) is 2.83. The van der Waals surface area contributed by atoms with Crippen molar-refractivity contribution in [2.24, 2.45) is 5.92 Å². The van der Waals surface area contributed by atoms with Gasteiger partial charge in [0.15, 0.2) is 0 Å². The van der Waals surface area contributed by atoms with Crippen LogP contribution in [-0.4, -0.2) is 41.9 Å². The zero-order valence-electron chi connectivity index (χ0n) is 17.9. The molecule has 1 saturated heterocycles. The third kappa shape index (κ3) is 4.38. The average molecular weight is 418 g/mol. The van der Waals surface area contributed by atoms with Gasteiger partial charge in [-0.1, -0.05) is 30.3 Å².